The van der Waals surface area contributed by atoms with Crippen LogP contribution in [0.3, 0.4) is 0 Å². The molecule has 0 aliphatic rings. The Balaban J connectivity index is 1.56. The number of amides is 1. The van der Waals surface area contributed by atoms with Gasteiger partial charge in [-0.05, 0) is 36.8 Å². The zero-order chi connectivity index (χ0) is 20.4. The maximum Gasteiger partial charge on any atom is 0.248 e. The summed E-state index contributed by atoms with van der Waals surface area (Å²) < 4.78 is 1.90. The number of carbonyl (C=O) groups excluding carboxylic acids is 1. The van der Waals surface area contributed by atoms with E-state index in [-0.39, 0.29) is 5.25 Å². The van der Waals surface area contributed by atoms with E-state index >= 15 is 0 Å². The van der Waals surface area contributed by atoms with Crippen molar-refractivity contribution in [2.24, 2.45) is 12.8 Å². The highest BCUT2D eigenvalue weighted by Crippen LogP contribution is 2.33. The molecule has 8 nitrogen and oxygen atoms in total. The van der Waals surface area contributed by atoms with Crippen LogP contribution >= 0.6 is 11.8 Å². The van der Waals surface area contributed by atoms with Crippen molar-refractivity contribution in [1.29, 1.82) is 0 Å². The summed E-state index contributed by atoms with van der Waals surface area (Å²) in [6.45, 7) is 2.13. The number of aromatic nitrogens is 6. The smallest absolute Gasteiger partial charge is 0.248 e. The van der Waals surface area contributed by atoms with Gasteiger partial charge in [-0.1, -0.05) is 36.0 Å². The lowest BCUT2D eigenvalue weighted by Gasteiger charge is -2.12. The number of thioether (sulfide) groups is 1. The Morgan fingerprint density at radius 1 is 1.17 bits per heavy atom. The zero-order valence-corrected chi connectivity index (χ0v) is 16.7. The minimum absolute atomic E-state index is 0.189. The van der Waals surface area contributed by atoms with Gasteiger partial charge in [0, 0.05) is 23.4 Å². The molecular formula is C20H19N7OS. The third-order valence-corrected chi connectivity index (χ3v) is 5.69. The predicted octanol–water partition coefficient (Wildman–Crippen LogP) is 3.01. The summed E-state index contributed by atoms with van der Waals surface area (Å²) >= 11 is 1.64. The van der Waals surface area contributed by atoms with E-state index in [0.29, 0.717) is 11.3 Å². The van der Waals surface area contributed by atoms with Crippen LogP contribution < -0.4 is 5.73 Å². The molecular weight excluding hydrogens is 386 g/mol. The van der Waals surface area contributed by atoms with Gasteiger partial charge in [0.15, 0.2) is 5.16 Å². The molecule has 0 fully saturated rings. The fourth-order valence-electron chi connectivity index (χ4n) is 2.83. The molecule has 0 aliphatic heterocycles. The molecule has 29 heavy (non-hydrogen) atoms. The highest BCUT2D eigenvalue weighted by atomic mass is 32.2. The van der Waals surface area contributed by atoms with E-state index in [2.05, 4.69) is 39.5 Å². The summed E-state index contributed by atoms with van der Waals surface area (Å²) in [5.74, 6) is -0.453. The fraction of sp³-hybridized carbons (Fsp3) is 0.150. The molecule has 0 saturated heterocycles. The minimum atomic E-state index is -0.453. The lowest BCUT2D eigenvalue weighted by molar-refractivity contribution is 0.100. The number of carbonyl (C=O) groups is 1. The molecule has 0 aliphatic carbocycles. The predicted molar refractivity (Wildman–Crippen MR) is 111 cm³/mol. The molecule has 4 aromatic rings. The number of hydrogen-bond acceptors (Lipinski definition) is 6. The van der Waals surface area contributed by atoms with Gasteiger partial charge in [-0.25, -0.2) is 0 Å². The lowest BCUT2D eigenvalue weighted by Crippen LogP contribution is -2.10. The number of hydrogen-bond donors (Lipinski definition) is 1. The molecule has 2 aromatic carbocycles. The van der Waals surface area contributed by atoms with Crippen molar-refractivity contribution < 1.29 is 4.79 Å². The van der Waals surface area contributed by atoms with Crippen LogP contribution in [0, 0.1) is 0 Å². The summed E-state index contributed by atoms with van der Waals surface area (Å²) in [7, 11) is 1.93. The van der Waals surface area contributed by atoms with Gasteiger partial charge in [0.25, 0.3) is 0 Å². The molecule has 0 bridgehead atoms. The van der Waals surface area contributed by atoms with Crippen molar-refractivity contribution in [3.8, 4) is 16.9 Å². The standard InChI is InChI=1S/C20H19N7OS/c1-13(29-20-24-22-12-26(20)2)16-4-3-5-17(10-16)27-23-11-18(25-27)14-6-8-15(9-7-14)19(21)28/h3-13H,1-2H3,(H2,21,28). The second-order valence-electron chi connectivity index (χ2n) is 6.54. The molecule has 2 N–H and O–H groups in total. The lowest BCUT2D eigenvalue weighted by atomic mass is 10.1. The molecule has 0 radical (unpaired) electrons. The van der Waals surface area contributed by atoms with Crippen molar-refractivity contribution >= 4 is 17.7 Å². The van der Waals surface area contributed by atoms with Gasteiger partial charge < -0.3 is 10.3 Å². The highest BCUT2D eigenvalue weighted by molar-refractivity contribution is 7.99. The maximum absolute atomic E-state index is 11.2. The molecule has 4 rings (SSSR count). The SMILES string of the molecule is CC(Sc1nncn1C)c1cccc(-n2ncc(-c3ccc(C(N)=O)cc3)n2)c1. The van der Waals surface area contributed by atoms with Gasteiger partial charge in [-0.2, -0.15) is 9.90 Å². The molecule has 0 saturated carbocycles. The van der Waals surface area contributed by atoms with Gasteiger partial charge in [-0.3, -0.25) is 4.79 Å². The molecule has 1 unspecified atom stereocenters. The van der Waals surface area contributed by atoms with Crippen LogP contribution in [-0.2, 0) is 7.05 Å². The first-order valence-electron chi connectivity index (χ1n) is 8.95. The largest absolute Gasteiger partial charge is 0.366 e. The number of rotatable bonds is 6. The van der Waals surface area contributed by atoms with Gasteiger partial charge in [0.2, 0.25) is 5.91 Å². The molecule has 2 aromatic heterocycles. The first kappa shape index (κ1) is 18.9. The number of aryl methyl sites for hydroxylation is 1. The monoisotopic (exact) mass is 405 g/mol. The van der Waals surface area contributed by atoms with E-state index in [1.54, 1.807) is 41.2 Å². The first-order chi connectivity index (χ1) is 14.0. The Labute approximate surface area is 171 Å². The van der Waals surface area contributed by atoms with Crippen molar-refractivity contribution in [2.45, 2.75) is 17.3 Å². The quantitative estimate of drug-likeness (QED) is 0.495. The van der Waals surface area contributed by atoms with Crippen LogP contribution in [0.5, 0.6) is 0 Å². The minimum Gasteiger partial charge on any atom is -0.366 e. The van der Waals surface area contributed by atoms with Crippen LogP contribution in [0.2, 0.25) is 0 Å². The second-order valence-corrected chi connectivity index (χ2v) is 7.85. The summed E-state index contributed by atoms with van der Waals surface area (Å²) in [6.07, 6.45) is 3.39. The Morgan fingerprint density at radius 3 is 2.66 bits per heavy atom. The maximum atomic E-state index is 11.2. The van der Waals surface area contributed by atoms with Gasteiger partial charge >= 0.3 is 0 Å². The number of benzene rings is 2. The average Bonchev–Trinajstić information content (AvgIpc) is 3.38. The van der Waals surface area contributed by atoms with Crippen LogP contribution in [0.4, 0.5) is 0 Å². The molecule has 1 atom stereocenters. The number of nitrogens with two attached hydrogens (primary N) is 1. The highest BCUT2D eigenvalue weighted by Gasteiger charge is 2.13. The van der Waals surface area contributed by atoms with Gasteiger partial charge in [0.05, 0.1) is 11.9 Å². The fourth-order valence-corrected chi connectivity index (χ4v) is 3.74. The van der Waals surface area contributed by atoms with Gasteiger partial charge in [0.1, 0.15) is 12.0 Å². The van der Waals surface area contributed by atoms with E-state index in [0.717, 1.165) is 22.0 Å². The number of nitrogens with zero attached hydrogens (tertiary/aromatic N) is 6. The average molecular weight is 405 g/mol. The van der Waals surface area contributed by atoms with Crippen LogP contribution in [0.15, 0.2) is 66.2 Å². The summed E-state index contributed by atoms with van der Waals surface area (Å²) in [4.78, 5) is 12.8. The van der Waals surface area contributed by atoms with Crippen molar-refractivity contribution in [2.75, 3.05) is 0 Å². The van der Waals surface area contributed by atoms with E-state index in [4.69, 9.17) is 5.73 Å². The summed E-state index contributed by atoms with van der Waals surface area (Å²) in [6, 6.07) is 15.1. The van der Waals surface area contributed by atoms with Crippen LogP contribution in [0.25, 0.3) is 16.9 Å². The second kappa shape index (κ2) is 7.88. The Bertz CT molecular complexity index is 1150. The van der Waals surface area contributed by atoms with E-state index in [1.165, 1.54) is 0 Å². The number of primary amides is 1. The van der Waals surface area contributed by atoms with Crippen molar-refractivity contribution in [3.05, 3.63) is 72.2 Å². The molecule has 0 spiro atoms. The van der Waals surface area contributed by atoms with E-state index in [1.807, 2.05) is 35.9 Å². The molecule has 2 heterocycles. The summed E-state index contributed by atoms with van der Waals surface area (Å²) in [5.41, 5.74) is 9.34. The summed E-state index contributed by atoms with van der Waals surface area (Å²) in [5, 5.41) is 18.1. The van der Waals surface area contributed by atoms with Crippen molar-refractivity contribution in [3.63, 3.8) is 0 Å². The molecule has 9 heteroatoms. The molecule has 1 amide bonds. The van der Waals surface area contributed by atoms with E-state index in [9.17, 15) is 4.79 Å². The Kier molecular flexibility index (Phi) is 5.13. The van der Waals surface area contributed by atoms with Gasteiger partial charge in [-0.15, -0.1) is 15.3 Å². The molecule has 146 valence electrons. The third-order valence-electron chi connectivity index (χ3n) is 4.48. The topological polar surface area (TPSA) is 105 Å². The zero-order valence-electron chi connectivity index (χ0n) is 15.9. The normalized spacial score (nSPS) is 12.1. The Hall–Kier alpha value is -3.46. The third kappa shape index (κ3) is 4.04. The van der Waals surface area contributed by atoms with Crippen LogP contribution in [0.1, 0.15) is 28.1 Å². The Morgan fingerprint density at radius 2 is 1.97 bits per heavy atom. The van der Waals surface area contributed by atoms with Crippen molar-refractivity contribution in [1.82, 2.24) is 29.8 Å². The first-order valence-corrected chi connectivity index (χ1v) is 9.83. The van der Waals surface area contributed by atoms with E-state index < -0.39 is 5.91 Å². The van der Waals surface area contributed by atoms with Crippen LogP contribution in [-0.4, -0.2) is 35.7 Å².